The summed E-state index contributed by atoms with van der Waals surface area (Å²) in [4.78, 5) is 13.9. The highest BCUT2D eigenvalue weighted by molar-refractivity contribution is 5.58. The van der Waals surface area contributed by atoms with Gasteiger partial charge in [0, 0.05) is 37.1 Å². The molecule has 5 nitrogen and oxygen atoms in total. The molecular formula is C19H27N5. The van der Waals surface area contributed by atoms with E-state index in [-0.39, 0.29) is 0 Å². The number of nitrogens with two attached hydrogens (primary N) is 1. The maximum atomic E-state index is 5.91. The van der Waals surface area contributed by atoms with E-state index in [2.05, 4.69) is 35.0 Å². The van der Waals surface area contributed by atoms with E-state index >= 15 is 0 Å². The van der Waals surface area contributed by atoms with Crippen LogP contribution in [0.15, 0.2) is 36.4 Å². The lowest BCUT2D eigenvalue weighted by atomic mass is 9.93. The normalized spacial score (nSPS) is 20.9. The first-order valence-corrected chi connectivity index (χ1v) is 8.69. The van der Waals surface area contributed by atoms with E-state index < -0.39 is 0 Å². The third-order valence-corrected chi connectivity index (χ3v) is 4.88. The molecule has 3 rings (SSSR count). The fourth-order valence-corrected chi connectivity index (χ4v) is 3.29. The van der Waals surface area contributed by atoms with Crippen LogP contribution in [0, 0.1) is 12.8 Å². The van der Waals surface area contributed by atoms with Crippen LogP contribution in [-0.4, -0.2) is 36.1 Å². The molecule has 2 aromatic rings. The van der Waals surface area contributed by atoms with E-state index in [1.165, 1.54) is 6.42 Å². The Morgan fingerprint density at radius 3 is 2.67 bits per heavy atom. The molecule has 0 radical (unpaired) electrons. The molecule has 1 saturated heterocycles. The highest BCUT2D eigenvalue weighted by Gasteiger charge is 2.26. The second-order valence-corrected chi connectivity index (χ2v) is 6.74. The van der Waals surface area contributed by atoms with Gasteiger partial charge in [0.25, 0.3) is 0 Å². The second-order valence-electron chi connectivity index (χ2n) is 6.74. The van der Waals surface area contributed by atoms with E-state index in [4.69, 9.17) is 10.7 Å². The molecule has 2 N–H and O–H groups in total. The minimum Gasteiger partial charge on any atom is -0.353 e. The van der Waals surface area contributed by atoms with Crippen LogP contribution in [0.4, 0.5) is 17.5 Å². The number of anilines is 3. The predicted molar refractivity (Wildman–Crippen MR) is 99.9 cm³/mol. The number of nitrogens with zero attached hydrogens (tertiary/aromatic N) is 4. The van der Waals surface area contributed by atoms with Crippen molar-refractivity contribution in [3.63, 3.8) is 0 Å². The molecule has 2 heterocycles. The van der Waals surface area contributed by atoms with Crippen LogP contribution in [0.2, 0.25) is 0 Å². The summed E-state index contributed by atoms with van der Waals surface area (Å²) < 4.78 is 0. The largest absolute Gasteiger partial charge is 0.353 e. The molecule has 24 heavy (non-hydrogen) atoms. The van der Waals surface area contributed by atoms with Crippen LogP contribution in [0.5, 0.6) is 0 Å². The molecule has 1 aromatic heterocycles. The van der Waals surface area contributed by atoms with Gasteiger partial charge in [-0.05, 0) is 51.3 Å². The lowest BCUT2D eigenvalue weighted by Gasteiger charge is -2.38. The maximum Gasteiger partial charge on any atom is 0.231 e. The first-order chi connectivity index (χ1) is 11.6. The summed E-state index contributed by atoms with van der Waals surface area (Å²) >= 11 is 0. The van der Waals surface area contributed by atoms with Gasteiger partial charge in [-0.2, -0.15) is 4.98 Å². The molecule has 0 saturated carbocycles. The van der Waals surface area contributed by atoms with Gasteiger partial charge < -0.3 is 15.5 Å². The highest BCUT2D eigenvalue weighted by atomic mass is 15.3. The SMILES string of the molecule is Cc1cc(N2CC(CN)CCC2C)nc(N(C)c2ccccc2)n1. The minimum absolute atomic E-state index is 0.483. The van der Waals surface area contributed by atoms with Crippen LogP contribution < -0.4 is 15.5 Å². The van der Waals surface area contributed by atoms with Gasteiger partial charge in [-0.15, -0.1) is 0 Å². The molecule has 1 aliphatic heterocycles. The summed E-state index contributed by atoms with van der Waals surface area (Å²) in [6, 6.07) is 12.8. The lowest BCUT2D eigenvalue weighted by Crippen LogP contribution is -2.44. The lowest BCUT2D eigenvalue weighted by molar-refractivity contribution is 0.372. The summed E-state index contributed by atoms with van der Waals surface area (Å²) in [5.74, 6) is 2.29. The zero-order valence-corrected chi connectivity index (χ0v) is 14.8. The monoisotopic (exact) mass is 325 g/mol. The van der Waals surface area contributed by atoms with Crippen molar-refractivity contribution in [2.24, 2.45) is 11.7 Å². The Bertz CT molecular complexity index is 673. The van der Waals surface area contributed by atoms with Crippen LogP contribution in [0.3, 0.4) is 0 Å². The van der Waals surface area contributed by atoms with E-state index in [1.807, 2.05) is 37.1 Å². The Labute approximate surface area is 144 Å². The van der Waals surface area contributed by atoms with Gasteiger partial charge in [0.15, 0.2) is 0 Å². The van der Waals surface area contributed by atoms with E-state index in [1.54, 1.807) is 0 Å². The van der Waals surface area contributed by atoms with Crippen molar-refractivity contribution in [3.05, 3.63) is 42.1 Å². The summed E-state index contributed by atoms with van der Waals surface area (Å²) in [5.41, 5.74) is 7.98. The number of para-hydroxylation sites is 1. The van der Waals surface area contributed by atoms with E-state index in [0.717, 1.165) is 42.7 Å². The maximum absolute atomic E-state index is 5.91. The standard InChI is InChI=1S/C19H27N5/c1-14-11-18(24-13-16(12-20)10-9-15(24)2)22-19(21-14)23(3)17-7-5-4-6-8-17/h4-8,11,15-16H,9-10,12-13,20H2,1-3H3. The molecule has 0 bridgehead atoms. The van der Waals surface area contributed by atoms with Crippen molar-refractivity contribution in [3.8, 4) is 0 Å². The fourth-order valence-electron chi connectivity index (χ4n) is 3.29. The molecule has 2 atom stereocenters. The van der Waals surface area contributed by atoms with E-state index in [9.17, 15) is 0 Å². The average Bonchev–Trinajstić information content (AvgIpc) is 2.61. The molecule has 1 fully saturated rings. The van der Waals surface area contributed by atoms with Crippen molar-refractivity contribution in [1.29, 1.82) is 0 Å². The fraction of sp³-hybridized carbons (Fsp3) is 0.474. The topological polar surface area (TPSA) is 58.3 Å². The summed E-state index contributed by atoms with van der Waals surface area (Å²) in [6.07, 6.45) is 2.36. The summed E-state index contributed by atoms with van der Waals surface area (Å²) in [5, 5.41) is 0. The number of piperidine rings is 1. The number of hydrogen-bond donors (Lipinski definition) is 1. The zero-order chi connectivity index (χ0) is 17.1. The molecule has 0 amide bonds. The van der Waals surface area contributed by atoms with Crippen molar-refractivity contribution >= 4 is 17.5 Å². The number of rotatable bonds is 4. The van der Waals surface area contributed by atoms with Crippen molar-refractivity contribution in [2.75, 3.05) is 29.9 Å². The van der Waals surface area contributed by atoms with Gasteiger partial charge in [-0.3, -0.25) is 0 Å². The Kier molecular flexibility index (Phi) is 5.00. The number of aromatic nitrogens is 2. The molecule has 2 unspecified atom stereocenters. The van der Waals surface area contributed by atoms with Gasteiger partial charge in [0.05, 0.1) is 0 Å². The number of benzene rings is 1. The van der Waals surface area contributed by atoms with E-state index in [0.29, 0.717) is 12.0 Å². The number of hydrogen-bond acceptors (Lipinski definition) is 5. The third-order valence-electron chi connectivity index (χ3n) is 4.88. The van der Waals surface area contributed by atoms with Gasteiger partial charge in [0.2, 0.25) is 5.95 Å². The van der Waals surface area contributed by atoms with Crippen LogP contribution >= 0.6 is 0 Å². The van der Waals surface area contributed by atoms with Gasteiger partial charge in [-0.25, -0.2) is 4.98 Å². The van der Waals surface area contributed by atoms with Gasteiger partial charge in [0.1, 0.15) is 5.82 Å². The Morgan fingerprint density at radius 1 is 1.21 bits per heavy atom. The number of aryl methyl sites for hydroxylation is 1. The van der Waals surface area contributed by atoms with Crippen molar-refractivity contribution in [1.82, 2.24) is 9.97 Å². The predicted octanol–water partition coefficient (Wildman–Crippen LogP) is 3.12. The summed E-state index contributed by atoms with van der Waals surface area (Å²) in [6.45, 7) is 6.01. The zero-order valence-electron chi connectivity index (χ0n) is 14.8. The van der Waals surface area contributed by atoms with Gasteiger partial charge in [-0.1, -0.05) is 18.2 Å². The molecular weight excluding hydrogens is 298 g/mol. The summed E-state index contributed by atoms with van der Waals surface area (Å²) in [7, 11) is 2.01. The quantitative estimate of drug-likeness (QED) is 0.936. The Hall–Kier alpha value is -2.14. The van der Waals surface area contributed by atoms with Crippen LogP contribution in [0.25, 0.3) is 0 Å². The molecule has 5 heteroatoms. The third kappa shape index (κ3) is 3.51. The van der Waals surface area contributed by atoms with Crippen molar-refractivity contribution in [2.45, 2.75) is 32.7 Å². The van der Waals surface area contributed by atoms with Gasteiger partial charge >= 0.3 is 0 Å². The smallest absolute Gasteiger partial charge is 0.231 e. The second kappa shape index (κ2) is 7.18. The molecule has 1 aliphatic rings. The minimum atomic E-state index is 0.483. The van der Waals surface area contributed by atoms with Crippen molar-refractivity contribution < 1.29 is 0 Å². The Balaban J connectivity index is 1.91. The molecule has 0 aliphatic carbocycles. The van der Waals surface area contributed by atoms with Crippen LogP contribution in [-0.2, 0) is 0 Å². The highest BCUT2D eigenvalue weighted by Crippen LogP contribution is 2.28. The molecule has 128 valence electrons. The molecule has 1 aromatic carbocycles. The molecule has 0 spiro atoms. The van der Waals surface area contributed by atoms with Crippen LogP contribution in [0.1, 0.15) is 25.5 Å². The first kappa shape index (κ1) is 16.7. The average molecular weight is 325 g/mol. The Morgan fingerprint density at radius 2 is 1.96 bits per heavy atom. The first-order valence-electron chi connectivity index (χ1n) is 8.69.